The summed E-state index contributed by atoms with van der Waals surface area (Å²) in [6.07, 6.45) is 0.326. The van der Waals surface area contributed by atoms with Crippen LogP contribution in [0.1, 0.15) is 19.4 Å². The average molecular weight is 355 g/mol. The Morgan fingerprint density at radius 3 is 2.04 bits per heavy atom. The summed E-state index contributed by atoms with van der Waals surface area (Å²) in [4.78, 5) is 23.6. The normalized spacial score (nSPS) is 10.2. The number of anilines is 2. The zero-order valence-corrected chi connectivity index (χ0v) is 15.0. The fraction of sp³-hybridized carbons (Fsp3) is 0.211. The summed E-state index contributed by atoms with van der Waals surface area (Å²) in [5, 5.41) is 8.65. The summed E-state index contributed by atoms with van der Waals surface area (Å²) < 4.78 is 0. The highest BCUT2D eigenvalue weighted by Gasteiger charge is 2.09. The van der Waals surface area contributed by atoms with E-state index in [2.05, 4.69) is 16.0 Å². The van der Waals surface area contributed by atoms with Crippen molar-refractivity contribution in [2.75, 3.05) is 10.6 Å². The fourth-order valence-corrected chi connectivity index (χ4v) is 2.26. The van der Waals surface area contributed by atoms with Crippen LogP contribution in [0.3, 0.4) is 0 Å². The van der Waals surface area contributed by atoms with Crippen molar-refractivity contribution in [3.63, 3.8) is 0 Å². The highest BCUT2D eigenvalue weighted by molar-refractivity contribution is 7.80. The lowest BCUT2D eigenvalue weighted by Gasteiger charge is -2.12. The summed E-state index contributed by atoms with van der Waals surface area (Å²) >= 11 is 5.09. The van der Waals surface area contributed by atoms with Gasteiger partial charge in [0.15, 0.2) is 5.11 Å². The van der Waals surface area contributed by atoms with Crippen LogP contribution >= 0.6 is 12.2 Å². The molecule has 3 N–H and O–H groups in total. The largest absolute Gasteiger partial charge is 0.332 e. The minimum absolute atomic E-state index is 0.0772. The molecule has 0 radical (unpaired) electrons. The lowest BCUT2D eigenvalue weighted by Crippen LogP contribution is -2.36. The van der Waals surface area contributed by atoms with Gasteiger partial charge in [-0.2, -0.15) is 0 Å². The lowest BCUT2D eigenvalue weighted by molar-refractivity contribution is -0.122. The third-order valence-corrected chi connectivity index (χ3v) is 3.60. The SMILES string of the molecule is CC(C)C(=O)NC(=S)Nc1ccc(NC(=O)Cc2ccccc2)cc1. The van der Waals surface area contributed by atoms with Gasteiger partial charge in [0.05, 0.1) is 6.42 Å². The Kier molecular flexibility index (Phi) is 6.65. The van der Waals surface area contributed by atoms with Gasteiger partial charge in [0.25, 0.3) is 0 Å². The van der Waals surface area contributed by atoms with E-state index in [1.54, 1.807) is 38.1 Å². The topological polar surface area (TPSA) is 70.2 Å². The molecule has 0 aromatic heterocycles. The van der Waals surface area contributed by atoms with E-state index in [0.717, 1.165) is 11.3 Å². The van der Waals surface area contributed by atoms with Crippen LogP contribution in [0.4, 0.5) is 11.4 Å². The Bertz CT molecular complexity index is 743. The van der Waals surface area contributed by atoms with E-state index in [-0.39, 0.29) is 22.8 Å². The maximum atomic E-state index is 12.0. The Balaban J connectivity index is 1.86. The molecule has 0 aliphatic carbocycles. The second-order valence-corrected chi connectivity index (χ2v) is 6.29. The highest BCUT2D eigenvalue weighted by atomic mass is 32.1. The van der Waals surface area contributed by atoms with Crippen molar-refractivity contribution in [2.24, 2.45) is 5.92 Å². The van der Waals surface area contributed by atoms with Crippen molar-refractivity contribution in [3.8, 4) is 0 Å². The molecule has 2 aromatic rings. The molecule has 0 bridgehead atoms. The number of nitrogens with one attached hydrogen (secondary N) is 3. The summed E-state index contributed by atoms with van der Waals surface area (Å²) in [5.74, 6) is -0.351. The van der Waals surface area contributed by atoms with Gasteiger partial charge in [-0.05, 0) is 42.0 Å². The number of carbonyl (C=O) groups is 2. The van der Waals surface area contributed by atoms with Crippen molar-refractivity contribution >= 4 is 40.5 Å². The number of amides is 2. The molecule has 0 heterocycles. The Hall–Kier alpha value is -2.73. The van der Waals surface area contributed by atoms with Crippen LogP contribution in [-0.2, 0) is 16.0 Å². The number of rotatable bonds is 5. The van der Waals surface area contributed by atoms with Crippen molar-refractivity contribution < 1.29 is 9.59 Å². The molecule has 2 aromatic carbocycles. The van der Waals surface area contributed by atoms with Crippen molar-refractivity contribution in [1.82, 2.24) is 5.32 Å². The summed E-state index contributed by atoms with van der Waals surface area (Å²) in [6.45, 7) is 3.59. The van der Waals surface area contributed by atoms with Crippen LogP contribution < -0.4 is 16.0 Å². The summed E-state index contributed by atoms with van der Waals surface area (Å²) in [7, 11) is 0. The zero-order valence-electron chi connectivity index (χ0n) is 14.2. The Labute approximate surface area is 152 Å². The first-order valence-corrected chi connectivity index (χ1v) is 8.40. The standard InChI is InChI=1S/C19H21N3O2S/c1-13(2)18(24)22-19(25)21-16-10-8-15(9-11-16)20-17(23)12-14-6-4-3-5-7-14/h3-11,13H,12H2,1-2H3,(H,20,23)(H2,21,22,24,25). The van der Waals surface area contributed by atoms with Gasteiger partial charge in [0, 0.05) is 17.3 Å². The van der Waals surface area contributed by atoms with E-state index >= 15 is 0 Å². The molecule has 0 saturated carbocycles. The van der Waals surface area contributed by atoms with Crippen LogP contribution in [0.5, 0.6) is 0 Å². The van der Waals surface area contributed by atoms with Crippen LogP contribution in [0, 0.1) is 5.92 Å². The molecule has 5 nitrogen and oxygen atoms in total. The maximum Gasteiger partial charge on any atom is 0.228 e. The molecular formula is C19H21N3O2S. The minimum Gasteiger partial charge on any atom is -0.332 e. The van der Waals surface area contributed by atoms with E-state index in [1.807, 2.05) is 30.3 Å². The first-order chi connectivity index (χ1) is 11.9. The first kappa shape index (κ1) is 18.6. The van der Waals surface area contributed by atoms with Gasteiger partial charge in [0.1, 0.15) is 0 Å². The molecule has 0 spiro atoms. The molecule has 0 atom stereocenters. The van der Waals surface area contributed by atoms with Crippen molar-refractivity contribution in [2.45, 2.75) is 20.3 Å². The van der Waals surface area contributed by atoms with Crippen molar-refractivity contribution in [1.29, 1.82) is 0 Å². The minimum atomic E-state index is -0.137. The number of hydrogen-bond donors (Lipinski definition) is 3. The lowest BCUT2D eigenvalue weighted by atomic mass is 10.1. The highest BCUT2D eigenvalue weighted by Crippen LogP contribution is 2.14. The number of thiocarbonyl (C=S) groups is 1. The molecule has 0 saturated heterocycles. The summed E-state index contributed by atoms with van der Waals surface area (Å²) in [6, 6.07) is 16.7. The average Bonchev–Trinajstić information content (AvgIpc) is 2.57. The van der Waals surface area contributed by atoms with Crippen molar-refractivity contribution in [3.05, 3.63) is 60.2 Å². The molecule has 0 aliphatic rings. The van der Waals surface area contributed by atoms with Gasteiger partial charge < -0.3 is 16.0 Å². The van der Waals surface area contributed by atoms with Gasteiger partial charge in [-0.3, -0.25) is 9.59 Å². The van der Waals surface area contributed by atoms with Gasteiger partial charge in [0.2, 0.25) is 11.8 Å². The first-order valence-electron chi connectivity index (χ1n) is 7.99. The Morgan fingerprint density at radius 1 is 0.920 bits per heavy atom. The molecule has 2 rings (SSSR count). The third kappa shape index (κ3) is 6.35. The van der Waals surface area contributed by atoms with Gasteiger partial charge >= 0.3 is 0 Å². The Morgan fingerprint density at radius 2 is 1.48 bits per heavy atom. The molecule has 6 heteroatoms. The molecule has 130 valence electrons. The molecule has 2 amide bonds. The van der Waals surface area contributed by atoms with E-state index in [0.29, 0.717) is 12.1 Å². The van der Waals surface area contributed by atoms with Gasteiger partial charge in [-0.25, -0.2) is 0 Å². The molecule has 0 fully saturated rings. The predicted octanol–water partition coefficient (Wildman–Crippen LogP) is 3.34. The second kappa shape index (κ2) is 8.94. The van der Waals surface area contributed by atoms with E-state index in [4.69, 9.17) is 12.2 Å². The molecule has 25 heavy (non-hydrogen) atoms. The van der Waals surface area contributed by atoms with Gasteiger partial charge in [-0.1, -0.05) is 44.2 Å². The van der Waals surface area contributed by atoms with Crippen LogP contribution in [0.25, 0.3) is 0 Å². The third-order valence-electron chi connectivity index (χ3n) is 3.40. The van der Waals surface area contributed by atoms with Gasteiger partial charge in [-0.15, -0.1) is 0 Å². The van der Waals surface area contributed by atoms with E-state index in [9.17, 15) is 9.59 Å². The molecule has 0 unspecified atom stereocenters. The number of hydrogen-bond acceptors (Lipinski definition) is 3. The predicted molar refractivity (Wildman–Crippen MR) is 104 cm³/mol. The number of carbonyl (C=O) groups excluding carboxylic acids is 2. The summed E-state index contributed by atoms with van der Waals surface area (Å²) in [5.41, 5.74) is 2.39. The molecular weight excluding hydrogens is 334 g/mol. The van der Waals surface area contributed by atoms with Crippen LogP contribution in [0.2, 0.25) is 0 Å². The monoisotopic (exact) mass is 355 g/mol. The van der Waals surface area contributed by atoms with E-state index in [1.165, 1.54) is 0 Å². The van der Waals surface area contributed by atoms with E-state index < -0.39 is 0 Å². The number of benzene rings is 2. The van der Waals surface area contributed by atoms with Crippen LogP contribution in [-0.4, -0.2) is 16.9 Å². The quantitative estimate of drug-likeness (QED) is 0.720. The maximum absolute atomic E-state index is 12.0. The molecule has 0 aliphatic heterocycles. The van der Waals surface area contributed by atoms with Crippen LogP contribution in [0.15, 0.2) is 54.6 Å². The second-order valence-electron chi connectivity index (χ2n) is 5.89. The zero-order chi connectivity index (χ0) is 18.2. The fourth-order valence-electron chi connectivity index (χ4n) is 2.04. The smallest absolute Gasteiger partial charge is 0.228 e.